The lowest BCUT2D eigenvalue weighted by Crippen LogP contribution is -2.33. The highest BCUT2D eigenvalue weighted by atomic mass is 16.3. The molecule has 26 heavy (non-hydrogen) atoms. The Kier molecular flexibility index (Phi) is 4.69. The molecular weight excluding hydrogens is 328 g/mol. The number of β-amino-alcohol motifs (C(OH)–C–C–N with tert-alkyl or cyclic N) is 1. The number of aromatic hydroxyl groups is 1. The van der Waals surface area contributed by atoms with E-state index in [0.717, 1.165) is 32.4 Å². The smallest absolute Gasteiger partial charge is 0.133 e. The van der Waals surface area contributed by atoms with Gasteiger partial charge in [0.05, 0.1) is 17.5 Å². The zero-order valence-electron chi connectivity index (χ0n) is 14.8. The molecule has 2 heterocycles. The van der Waals surface area contributed by atoms with Crippen LogP contribution >= 0.6 is 0 Å². The minimum Gasteiger partial charge on any atom is -0.506 e. The van der Waals surface area contributed by atoms with Crippen LogP contribution in [-0.4, -0.2) is 50.4 Å². The van der Waals surface area contributed by atoms with E-state index >= 15 is 0 Å². The third kappa shape index (κ3) is 3.75. The molecule has 4 rings (SSSR count). The summed E-state index contributed by atoms with van der Waals surface area (Å²) in [5.74, 6) is 1.08. The van der Waals surface area contributed by atoms with E-state index in [1.165, 1.54) is 11.8 Å². The summed E-state index contributed by atoms with van der Waals surface area (Å²) in [5.41, 5.74) is 1.18. The Labute approximate surface area is 153 Å². The molecule has 5 heteroatoms. The second-order valence-corrected chi connectivity index (χ2v) is 7.99. The monoisotopic (exact) mass is 354 g/mol. The fraction of sp³-hybridized carbons (Fsp3) is 0.476. The van der Waals surface area contributed by atoms with E-state index in [-0.39, 0.29) is 5.75 Å². The van der Waals surface area contributed by atoms with Crippen molar-refractivity contribution >= 4 is 0 Å². The first-order chi connectivity index (χ1) is 12.5. The molecule has 2 aromatic rings. The fourth-order valence-electron chi connectivity index (χ4n) is 4.76. The molecule has 2 fully saturated rings. The van der Waals surface area contributed by atoms with E-state index in [9.17, 15) is 15.3 Å². The van der Waals surface area contributed by atoms with Crippen molar-refractivity contribution in [3.63, 3.8) is 0 Å². The second kappa shape index (κ2) is 6.99. The number of nitrogens with zero attached hydrogens (tertiary/aromatic N) is 2. The van der Waals surface area contributed by atoms with Crippen LogP contribution in [0.5, 0.6) is 5.75 Å². The van der Waals surface area contributed by atoms with Gasteiger partial charge in [-0.25, -0.2) is 0 Å². The summed E-state index contributed by atoms with van der Waals surface area (Å²) >= 11 is 0. The van der Waals surface area contributed by atoms with Crippen LogP contribution in [0.4, 0.5) is 0 Å². The van der Waals surface area contributed by atoms with Crippen LogP contribution < -0.4 is 0 Å². The lowest BCUT2D eigenvalue weighted by atomic mass is 9.91. The van der Waals surface area contributed by atoms with E-state index in [4.69, 9.17) is 0 Å². The number of hydrogen-bond acceptors (Lipinski definition) is 5. The largest absolute Gasteiger partial charge is 0.506 e. The molecule has 1 aliphatic heterocycles. The fourth-order valence-corrected chi connectivity index (χ4v) is 4.76. The van der Waals surface area contributed by atoms with Gasteiger partial charge >= 0.3 is 0 Å². The van der Waals surface area contributed by atoms with Gasteiger partial charge < -0.3 is 15.3 Å². The summed E-state index contributed by atoms with van der Waals surface area (Å²) in [4.78, 5) is 6.37. The molecule has 1 aromatic heterocycles. The van der Waals surface area contributed by atoms with E-state index < -0.39 is 11.7 Å². The Morgan fingerprint density at radius 3 is 2.38 bits per heavy atom. The summed E-state index contributed by atoms with van der Waals surface area (Å²) in [6.45, 7) is 2.37. The standard InChI is InChI=1S/C21H26N2O3/c24-18-6-7-19(22-11-18)20(25)14-23-12-16-9-21(26,10-17(16)13-23)8-15-4-2-1-3-5-15/h1-7,11,16-17,20,24-26H,8-10,12-14H2/t16-,17+,20-,21+/m1/s1. The van der Waals surface area contributed by atoms with E-state index in [1.807, 2.05) is 18.2 Å². The lowest BCUT2D eigenvalue weighted by Gasteiger charge is -2.27. The molecule has 0 bridgehead atoms. The summed E-state index contributed by atoms with van der Waals surface area (Å²) in [5, 5.41) is 30.7. The third-order valence-electron chi connectivity index (χ3n) is 5.86. The van der Waals surface area contributed by atoms with Crippen molar-refractivity contribution in [3.8, 4) is 5.75 Å². The number of pyridine rings is 1. The molecule has 0 spiro atoms. The van der Waals surface area contributed by atoms with Crippen molar-refractivity contribution in [2.75, 3.05) is 19.6 Å². The molecule has 5 nitrogen and oxygen atoms in total. The molecule has 0 amide bonds. The maximum atomic E-state index is 11.0. The average molecular weight is 354 g/mol. The summed E-state index contributed by atoms with van der Waals surface area (Å²) in [6.07, 6.45) is 3.09. The van der Waals surface area contributed by atoms with Crippen LogP contribution in [0.1, 0.15) is 30.2 Å². The Balaban J connectivity index is 1.32. The molecule has 3 N–H and O–H groups in total. The quantitative estimate of drug-likeness (QED) is 0.767. The minimum absolute atomic E-state index is 0.106. The third-order valence-corrected chi connectivity index (χ3v) is 5.86. The zero-order chi connectivity index (χ0) is 18.1. The molecular formula is C21H26N2O3. The average Bonchev–Trinajstić information content (AvgIpc) is 3.10. The summed E-state index contributed by atoms with van der Waals surface area (Å²) < 4.78 is 0. The highest BCUT2D eigenvalue weighted by Crippen LogP contribution is 2.45. The van der Waals surface area contributed by atoms with Crippen molar-refractivity contribution in [3.05, 3.63) is 59.9 Å². The van der Waals surface area contributed by atoms with Crippen molar-refractivity contribution in [1.82, 2.24) is 9.88 Å². The van der Waals surface area contributed by atoms with Gasteiger partial charge in [0, 0.05) is 26.1 Å². The van der Waals surface area contributed by atoms with Gasteiger partial charge in [0.2, 0.25) is 0 Å². The molecule has 0 unspecified atom stereocenters. The zero-order valence-corrected chi connectivity index (χ0v) is 14.8. The Morgan fingerprint density at radius 1 is 1.08 bits per heavy atom. The Bertz CT molecular complexity index is 721. The van der Waals surface area contributed by atoms with Gasteiger partial charge in [-0.15, -0.1) is 0 Å². The highest BCUT2D eigenvalue weighted by molar-refractivity contribution is 5.20. The van der Waals surface area contributed by atoms with Gasteiger partial charge in [0.15, 0.2) is 0 Å². The number of aromatic nitrogens is 1. The number of hydrogen-bond donors (Lipinski definition) is 3. The molecule has 4 atom stereocenters. The number of fused-ring (bicyclic) bond motifs is 1. The molecule has 1 aromatic carbocycles. The van der Waals surface area contributed by atoms with Gasteiger partial charge in [0.1, 0.15) is 11.9 Å². The van der Waals surface area contributed by atoms with Gasteiger partial charge in [-0.3, -0.25) is 9.88 Å². The van der Waals surface area contributed by atoms with Crippen LogP contribution in [0.15, 0.2) is 48.7 Å². The van der Waals surface area contributed by atoms with Gasteiger partial charge in [-0.05, 0) is 42.4 Å². The van der Waals surface area contributed by atoms with Crippen LogP contribution in [0.25, 0.3) is 0 Å². The Hall–Kier alpha value is -1.95. The lowest BCUT2D eigenvalue weighted by molar-refractivity contribution is 0.0327. The van der Waals surface area contributed by atoms with Crippen LogP contribution in [0.3, 0.4) is 0 Å². The van der Waals surface area contributed by atoms with E-state index in [1.54, 1.807) is 12.1 Å². The van der Waals surface area contributed by atoms with Crippen molar-refractivity contribution in [2.45, 2.75) is 31.0 Å². The van der Waals surface area contributed by atoms with Crippen LogP contribution in [-0.2, 0) is 6.42 Å². The van der Waals surface area contributed by atoms with E-state index in [2.05, 4.69) is 22.0 Å². The highest BCUT2D eigenvalue weighted by Gasteiger charge is 2.48. The first-order valence-electron chi connectivity index (χ1n) is 9.32. The van der Waals surface area contributed by atoms with Gasteiger partial charge in [-0.1, -0.05) is 30.3 Å². The maximum absolute atomic E-state index is 11.0. The number of aliphatic hydroxyl groups is 2. The van der Waals surface area contributed by atoms with Gasteiger partial charge in [0.25, 0.3) is 0 Å². The van der Waals surface area contributed by atoms with Crippen molar-refractivity contribution in [1.29, 1.82) is 0 Å². The first kappa shape index (κ1) is 17.5. The number of aliphatic hydroxyl groups excluding tert-OH is 1. The number of likely N-dealkylation sites (tertiary alicyclic amines) is 1. The van der Waals surface area contributed by atoms with Crippen LogP contribution in [0.2, 0.25) is 0 Å². The topological polar surface area (TPSA) is 76.8 Å². The van der Waals surface area contributed by atoms with Crippen LogP contribution in [0, 0.1) is 11.8 Å². The Morgan fingerprint density at radius 2 is 1.77 bits per heavy atom. The molecule has 0 radical (unpaired) electrons. The number of benzene rings is 1. The normalized spacial score (nSPS) is 29.6. The predicted octanol–water partition coefficient (Wildman–Crippen LogP) is 2.14. The second-order valence-electron chi connectivity index (χ2n) is 7.99. The van der Waals surface area contributed by atoms with E-state index in [0.29, 0.717) is 24.1 Å². The van der Waals surface area contributed by atoms with Crippen molar-refractivity contribution in [2.24, 2.45) is 11.8 Å². The molecule has 1 aliphatic carbocycles. The molecule has 1 saturated carbocycles. The SMILES string of the molecule is Oc1ccc([C@H](O)CN2C[C@@H]3C[C@](O)(Cc4ccccc4)C[C@@H]3C2)nc1. The predicted molar refractivity (Wildman–Crippen MR) is 98.6 cm³/mol. The summed E-state index contributed by atoms with van der Waals surface area (Å²) in [7, 11) is 0. The first-order valence-corrected chi connectivity index (χ1v) is 9.32. The molecule has 2 aliphatic rings. The maximum Gasteiger partial charge on any atom is 0.133 e. The summed E-state index contributed by atoms with van der Waals surface area (Å²) in [6, 6.07) is 13.4. The minimum atomic E-state index is -0.655. The number of rotatable bonds is 5. The molecule has 138 valence electrons. The van der Waals surface area contributed by atoms with Gasteiger partial charge in [-0.2, -0.15) is 0 Å². The molecule has 1 saturated heterocycles. The van der Waals surface area contributed by atoms with Crippen molar-refractivity contribution < 1.29 is 15.3 Å².